The molecule has 0 radical (unpaired) electrons. The third kappa shape index (κ3) is 3.37. The van der Waals surface area contributed by atoms with Gasteiger partial charge in [-0.2, -0.15) is 0 Å². The molecule has 1 heterocycles. The van der Waals surface area contributed by atoms with Gasteiger partial charge in [-0.05, 0) is 30.7 Å². The van der Waals surface area contributed by atoms with Gasteiger partial charge in [-0.3, -0.25) is 4.79 Å². The Hall–Kier alpha value is -1.40. The van der Waals surface area contributed by atoms with Crippen LogP contribution in [0, 0.1) is 5.92 Å². The number of nitrogens with one attached hydrogen (secondary N) is 1. The molecule has 0 saturated heterocycles. The number of aliphatic carboxylic acids is 1. The van der Waals surface area contributed by atoms with E-state index >= 15 is 0 Å². The van der Waals surface area contributed by atoms with E-state index in [0.717, 1.165) is 24.8 Å². The van der Waals surface area contributed by atoms with E-state index in [2.05, 4.69) is 12.2 Å². The first-order chi connectivity index (χ1) is 9.49. The molecule has 2 atom stereocenters. The van der Waals surface area contributed by atoms with Crippen LogP contribution in [0.3, 0.4) is 0 Å². The van der Waals surface area contributed by atoms with Crippen molar-refractivity contribution in [1.29, 1.82) is 0 Å². The number of carboxylic acid groups (broad SMARTS) is 1. The van der Waals surface area contributed by atoms with Crippen molar-refractivity contribution in [2.24, 2.45) is 5.92 Å². The van der Waals surface area contributed by atoms with Crippen molar-refractivity contribution in [3.05, 3.63) is 21.4 Å². The van der Waals surface area contributed by atoms with E-state index in [-0.39, 0.29) is 18.9 Å². The topological polar surface area (TPSA) is 86.6 Å². The van der Waals surface area contributed by atoms with Crippen molar-refractivity contribution < 1.29 is 19.8 Å². The molecule has 6 heteroatoms. The lowest BCUT2D eigenvalue weighted by Crippen LogP contribution is -2.30. The summed E-state index contributed by atoms with van der Waals surface area (Å²) in [6.07, 6.45) is 1.66. The molecular formula is C14H19NO4S. The highest BCUT2D eigenvalue weighted by atomic mass is 32.1. The van der Waals surface area contributed by atoms with Gasteiger partial charge in [0.1, 0.15) is 0 Å². The molecule has 3 N–H and O–H groups in total. The van der Waals surface area contributed by atoms with Gasteiger partial charge in [0.2, 0.25) is 0 Å². The lowest BCUT2D eigenvalue weighted by atomic mass is 9.88. The van der Waals surface area contributed by atoms with Gasteiger partial charge >= 0.3 is 5.97 Å². The molecule has 0 bridgehead atoms. The molecule has 0 spiro atoms. The molecule has 1 unspecified atom stereocenters. The molecule has 1 aromatic rings. The molecule has 0 aliphatic heterocycles. The zero-order valence-corrected chi connectivity index (χ0v) is 12.2. The number of carboxylic acids is 1. The maximum Gasteiger partial charge on any atom is 0.332 e. The standard InChI is InChI=1S/C14H19NO4S/c1-8-2-3-9-10(7-20-12(9)6-8)13(17)15-5-4-11(16)14(18)19/h7-8,11,16H,2-6H2,1H3,(H,15,17)(H,18,19)/t8?,11-/m0/s1. The van der Waals surface area contributed by atoms with Gasteiger partial charge in [-0.15, -0.1) is 11.3 Å². The van der Waals surface area contributed by atoms with E-state index in [1.165, 1.54) is 4.88 Å². The summed E-state index contributed by atoms with van der Waals surface area (Å²) in [6, 6.07) is 0. The molecule has 0 fully saturated rings. The molecule has 5 nitrogen and oxygen atoms in total. The van der Waals surface area contributed by atoms with Gasteiger partial charge in [-0.25, -0.2) is 4.79 Å². The summed E-state index contributed by atoms with van der Waals surface area (Å²) >= 11 is 1.62. The smallest absolute Gasteiger partial charge is 0.332 e. The van der Waals surface area contributed by atoms with E-state index in [1.807, 2.05) is 5.38 Å². The number of thiophene rings is 1. The van der Waals surface area contributed by atoms with Crippen molar-refractivity contribution >= 4 is 23.2 Å². The Morgan fingerprint density at radius 3 is 3.00 bits per heavy atom. The Labute approximate surface area is 121 Å². The fraction of sp³-hybridized carbons (Fsp3) is 0.571. The van der Waals surface area contributed by atoms with Crippen LogP contribution in [0.5, 0.6) is 0 Å². The quantitative estimate of drug-likeness (QED) is 0.767. The summed E-state index contributed by atoms with van der Waals surface area (Å²) in [4.78, 5) is 23.8. The van der Waals surface area contributed by atoms with Crippen molar-refractivity contribution in [2.75, 3.05) is 6.54 Å². The van der Waals surface area contributed by atoms with E-state index in [4.69, 9.17) is 10.2 Å². The van der Waals surface area contributed by atoms with Gasteiger partial charge in [0, 0.05) is 23.2 Å². The Morgan fingerprint density at radius 2 is 2.30 bits per heavy atom. The van der Waals surface area contributed by atoms with Crippen LogP contribution in [0.15, 0.2) is 5.38 Å². The largest absolute Gasteiger partial charge is 0.479 e. The van der Waals surface area contributed by atoms with Crippen LogP contribution in [0.2, 0.25) is 0 Å². The second-order valence-corrected chi connectivity index (χ2v) is 6.26. The molecule has 0 aromatic carbocycles. The number of aliphatic hydroxyl groups excluding tert-OH is 1. The summed E-state index contributed by atoms with van der Waals surface area (Å²) in [5, 5.41) is 22.3. The molecule has 1 aliphatic rings. The zero-order valence-electron chi connectivity index (χ0n) is 11.4. The van der Waals surface area contributed by atoms with Crippen LogP contribution in [0.25, 0.3) is 0 Å². The number of carbonyl (C=O) groups excluding carboxylic acids is 1. The summed E-state index contributed by atoms with van der Waals surface area (Å²) < 4.78 is 0. The lowest BCUT2D eigenvalue weighted by Gasteiger charge is -2.18. The second-order valence-electron chi connectivity index (χ2n) is 5.30. The summed E-state index contributed by atoms with van der Waals surface area (Å²) in [6.45, 7) is 2.38. The molecule has 2 rings (SSSR count). The van der Waals surface area contributed by atoms with Crippen LogP contribution in [0.4, 0.5) is 0 Å². The molecule has 0 saturated carbocycles. The number of hydrogen-bond acceptors (Lipinski definition) is 4. The Kier molecular flexibility index (Phi) is 4.77. The van der Waals surface area contributed by atoms with Crippen molar-refractivity contribution in [3.63, 3.8) is 0 Å². The Balaban J connectivity index is 1.92. The first-order valence-electron chi connectivity index (χ1n) is 6.77. The minimum atomic E-state index is -1.42. The lowest BCUT2D eigenvalue weighted by molar-refractivity contribution is -0.146. The van der Waals surface area contributed by atoms with E-state index < -0.39 is 12.1 Å². The summed E-state index contributed by atoms with van der Waals surface area (Å²) in [5.74, 6) is -0.765. The average molecular weight is 297 g/mol. The zero-order chi connectivity index (χ0) is 14.7. The first-order valence-corrected chi connectivity index (χ1v) is 7.65. The van der Waals surface area contributed by atoms with Crippen molar-refractivity contribution in [1.82, 2.24) is 5.32 Å². The first kappa shape index (κ1) is 15.0. The molecular weight excluding hydrogens is 278 g/mol. The summed E-state index contributed by atoms with van der Waals surface area (Å²) in [7, 11) is 0. The van der Waals surface area contributed by atoms with E-state index in [9.17, 15) is 9.59 Å². The minimum absolute atomic E-state index is 0.0183. The minimum Gasteiger partial charge on any atom is -0.479 e. The van der Waals surface area contributed by atoms with Gasteiger partial charge in [0.25, 0.3) is 5.91 Å². The molecule has 1 aliphatic carbocycles. The highest BCUT2D eigenvalue weighted by Crippen LogP contribution is 2.32. The van der Waals surface area contributed by atoms with Gasteiger partial charge < -0.3 is 15.5 Å². The Bertz CT molecular complexity index is 511. The number of aliphatic hydroxyl groups is 1. The fourth-order valence-electron chi connectivity index (χ4n) is 2.41. The average Bonchev–Trinajstić information content (AvgIpc) is 2.81. The van der Waals surface area contributed by atoms with Crippen molar-refractivity contribution in [2.45, 2.75) is 38.7 Å². The predicted molar refractivity (Wildman–Crippen MR) is 76.1 cm³/mol. The van der Waals surface area contributed by atoms with Crippen LogP contribution < -0.4 is 5.32 Å². The van der Waals surface area contributed by atoms with Gasteiger partial charge in [0.15, 0.2) is 6.10 Å². The van der Waals surface area contributed by atoms with Gasteiger partial charge in [0.05, 0.1) is 5.56 Å². The van der Waals surface area contributed by atoms with Crippen molar-refractivity contribution in [3.8, 4) is 0 Å². The van der Waals surface area contributed by atoms with Crippen LogP contribution in [0.1, 0.15) is 40.6 Å². The van der Waals surface area contributed by atoms with Gasteiger partial charge in [-0.1, -0.05) is 6.92 Å². The van der Waals surface area contributed by atoms with Crippen LogP contribution >= 0.6 is 11.3 Å². The summed E-state index contributed by atoms with van der Waals surface area (Å²) in [5.41, 5.74) is 1.85. The predicted octanol–water partition coefficient (Wildman–Crippen LogP) is 1.44. The van der Waals surface area contributed by atoms with E-state index in [1.54, 1.807) is 11.3 Å². The third-order valence-electron chi connectivity index (χ3n) is 3.63. The van der Waals surface area contributed by atoms with Crippen LogP contribution in [-0.2, 0) is 17.6 Å². The monoisotopic (exact) mass is 297 g/mol. The number of hydrogen-bond donors (Lipinski definition) is 3. The number of fused-ring (bicyclic) bond motifs is 1. The maximum absolute atomic E-state index is 12.1. The maximum atomic E-state index is 12.1. The number of carbonyl (C=O) groups is 2. The third-order valence-corrected chi connectivity index (χ3v) is 4.69. The SMILES string of the molecule is CC1CCc2c(C(=O)NCC[C@H](O)C(=O)O)csc2C1. The molecule has 1 amide bonds. The number of rotatable bonds is 5. The Morgan fingerprint density at radius 1 is 1.55 bits per heavy atom. The number of amides is 1. The molecule has 20 heavy (non-hydrogen) atoms. The fourth-order valence-corrected chi connectivity index (χ4v) is 3.65. The molecule has 1 aromatic heterocycles. The normalized spacial score (nSPS) is 19.2. The highest BCUT2D eigenvalue weighted by molar-refractivity contribution is 7.10. The van der Waals surface area contributed by atoms with E-state index in [0.29, 0.717) is 11.5 Å². The molecule has 110 valence electrons. The highest BCUT2D eigenvalue weighted by Gasteiger charge is 2.23. The second kappa shape index (κ2) is 6.37. The van der Waals surface area contributed by atoms with Crippen LogP contribution in [-0.4, -0.2) is 34.7 Å².